The highest BCUT2D eigenvalue weighted by Crippen LogP contribution is 2.26. The SMILES string of the molecule is COCCCC(N)C(=O)NCC1(O)CCCCCC1. The molecule has 112 valence electrons. The van der Waals surface area contributed by atoms with Gasteiger partial charge in [-0.25, -0.2) is 0 Å². The molecule has 0 heterocycles. The Hall–Kier alpha value is -0.650. The van der Waals surface area contributed by atoms with E-state index in [0.717, 1.165) is 32.1 Å². The van der Waals surface area contributed by atoms with Gasteiger partial charge in [-0.2, -0.15) is 0 Å². The molecule has 0 aliphatic heterocycles. The van der Waals surface area contributed by atoms with Crippen molar-refractivity contribution in [1.29, 1.82) is 0 Å². The van der Waals surface area contributed by atoms with E-state index in [2.05, 4.69) is 5.32 Å². The lowest BCUT2D eigenvalue weighted by Crippen LogP contribution is -2.48. The Labute approximate surface area is 115 Å². The molecule has 1 aliphatic rings. The number of nitrogens with two attached hydrogens (primary N) is 1. The lowest BCUT2D eigenvalue weighted by atomic mass is 9.94. The van der Waals surface area contributed by atoms with E-state index in [1.54, 1.807) is 7.11 Å². The zero-order valence-electron chi connectivity index (χ0n) is 12.0. The van der Waals surface area contributed by atoms with Crippen LogP contribution >= 0.6 is 0 Å². The molecule has 19 heavy (non-hydrogen) atoms. The monoisotopic (exact) mass is 272 g/mol. The maximum atomic E-state index is 11.8. The van der Waals surface area contributed by atoms with Crippen LogP contribution in [0.4, 0.5) is 0 Å². The number of carbonyl (C=O) groups is 1. The Morgan fingerprint density at radius 3 is 2.58 bits per heavy atom. The van der Waals surface area contributed by atoms with Crippen molar-refractivity contribution in [2.75, 3.05) is 20.3 Å². The van der Waals surface area contributed by atoms with Gasteiger partial charge in [0.25, 0.3) is 0 Å². The summed E-state index contributed by atoms with van der Waals surface area (Å²) >= 11 is 0. The summed E-state index contributed by atoms with van der Waals surface area (Å²) in [6.45, 7) is 0.939. The third kappa shape index (κ3) is 6.36. The number of hydrogen-bond acceptors (Lipinski definition) is 4. The molecule has 0 radical (unpaired) electrons. The summed E-state index contributed by atoms with van der Waals surface area (Å²) in [7, 11) is 1.63. The third-order valence-corrected chi connectivity index (χ3v) is 3.83. The average molecular weight is 272 g/mol. The first-order valence-electron chi connectivity index (χ1n) is 7.32. The van der Waals surface area contributed by atoms with Crippen LogP contribution in [-0.2, 0) is 9.53 Å². The Balaban J connectivity index is 2.27. The van der Waals surface area contributed by atoms with Crippen molar-refractivity contribution in [3.8, 4) is 0 Å². The lowest BCUT2D eigenvalue weighted by Gasteiger charge is -2.27. The van der Waals surface area contributed by atoms with Gasteiger partial charge in [-0.05, 0) is 25.7 Å². The molecule has 1 rings (SSSR count). The quantitative estimate of drug-likeness (QED) is 0.476. The molecule has 0 aromatic rings. The predicted molar refractivity (Wildman–Crippen MR) is 74.7 cm³/mol. The van der Waals surface area contributed by atoms with Crippen LogP contribution in [0.2, 0.25) is 0 Å². The largest absolute Gasteiger partial charge is 0.388 e. The Kier molecular flexibility index (Phi) is 7.34. The molecular formula is C14H28N2O3. The summed E-state index contributed by atoms with van der Waals surface area (Å²) in [6, 6.07) is -0.510. The van der Waals surface area contributed by atoms with Crippen molar-refractivity contribution < 1.29 is 14.6 Å². The van der Waals surface area contributed by atoms with Gasteiger partial charge in [-0.1, -0.05) is 25.7 Å². The molecule has 0 spiro atoms. The predicted octanol–water partition coefficient (Wildman–Crippen LogP) is 0.942. The number of methoxy groups -OCH3 is 1. The zero-order valence-corrected chi connectivity index (χ0v) is 12.0. The smallest absolute Gasteiger partial charge is 0.237 e. The number of carbonyl (C=O) groups excluding carboxylic acids is 1. The topological polar surface area (TPSA) is 84.6 Å². The first-order chi connectivity index (χ1) is 9.07. The van der Waals surface area contributed by atoms with Crippen LogP contribution in [0.15, 0.2) is 0 Å². The van der Waals surface area contributed by atoms with E-state index in [4.69, 9.17) is 10.5 Å². The number of nitrogens with one attached hydrogen (secondary N) is 1. The molecule has 5 heteroatoms. The van der Waals surface area contributed by atoms with E-state index < -0.39 is 11.6 Å². The lowest BCUT2D eigenvalue weighted by molar-refractivity contribution is -0.124. The summed E-state index contributed by atoms with van der Waals surface area (Å²) in [6.07, 6.45) is 7.34. The van der Waals surface area contributed by atoms with Crippen LogP contribution < -0.4 is 11.1 Å². The molecule has 1 atom stereocenters. The van der Waals surface area contributed by atoms with Gasteiger partial charge < -0.3 is 20.9 Å². The first-order valence-corrected chi connectivity index (χ1v) is 7.32. The minimum absolute atomic E-state index is 0.172. The number of aliphatic hydroxyl groups is 1. The fourth-order valence-electron chi connectivity index (χ4n) is 2.52. The Bertz CT molecular complexity index is 263. The normalized spacial score (nSPS) is 20.6. The molecule has 1 saturated carbocycles. The van der Waals surface area contributed by atoms with Crippen molar-refractivity contribution in [3.05, 3.63) is 0 Å². The van der Waals surface area contributed by atoms with E-state index in [9.17, 15) is 9.90 Å². The second-order valence-electron chi connectivity index (χ2n) is 5.60. The van der Waals surface area contributed by atoms with E-state index in [1.807, 2.05) is 0 Å². The van der Waals surface area contributed by atoms with Crippen LogP contribution in [0.25, 0.3) is 0 Å². The molecule has 1 amide bonds. The molecule has 0 bridgehead atoms. The van der Waals surface area contributed by atoms with Crippen LogP contribution in [0.3, 0.4) is 0 Å². The van der Waals surface area contributed by atoms with Crippen LogP contribution in [-0.4, -0.2) is 42.9 Å². The second-order valence-corrected chi connectivity index (χ2v) is 5.60. The number of hydrogen-bond donors (Lipinski definition) is 3. The molecule has 0 aromatic heterocycles. The van der Waals surface area contributed by atoms with Crippen molar-refractivity contribution >= 4 is 5.91 Å². The van der Waals surface area contributed by atoms with Gasteiger partial charge in [-0.3, -0.25) is 4.79 Å². The van der Waals surface area contributed by atoms with Crippen LogP contribution in [0.1, 0.15) is 51.4 Å². The minimum atomic E-state index is -0.738. The zero-order chi connectivity index (χ0) is 14.1. The standard InChI is InChI=1S/C14H28N2O3/c1-19-10-6-7-12(15)13(17)16-11-14(18)8-4-2-3-5-9-14/h12,18H,2-11,15H2,1H3,(H,16,17). The van der Waals surface area contributed by atoms with Gasteiger partial charge >= 0.3 is 0 Å². The van der Waals surface area contributed by atoms with Crippen molar-refractivity contribution in [1.82, 2.24) is 5.32 Å². The van der Waals surface area contributed by atoms with E-state index >= 15 is 0 Å². The number of amides is 1. The average Bonchev–Trinajstić information content (AvgIpc) is 2.61. The summed E-state index contributed by atoms with van der Waals surface area (Å²) in [4.78, 5) is 11.8. The van der Waals surface area contributed by atoms with Crippen molar-refractivity contribution in [3.63, 3.8) is 0 Å². The minimum Gasteiger partial charge on any atom is -0.388 e. The Morgan fingerprint density at radius 2 is 2.00 bits per heavy atom. The summed E-state index contributed by atoms with van der Waals surface area (Å²) in [5.41, 5.74) is 5.06. The van der Waals surface area contributed by atoms with Gasteiger partial charge in [0.2, 0.25) is 5.91 Å². The third-order valence-electron chi connectivity index (χ3n) is 3.83. The fraction of sp³-hybridized carbons (Fsp3) is 0.929. The number of ether oxygens (including phenoxy) is 1. The highest BCUT2D eigenvalue weighted by atomic mass is 16.5. The van der Waals surface area contributed by atoms with Crippen molar-refractivity contribution in [2.45, 2.75) is 63.0 Å². The number of rotatable bonds is 7. The molecule has 4 N–H and O–H groups in total. The maximum absolute atomic E-state index is 11.8. The molecule has 0 saturated heterocycles. The maximum Gasteiger partial charge on any atom is 0.237 e. The van der Waals surface area contributed by atoms with E-state index in [0.29, 0.717) is 19.6 Å². The van der Waals surface area contributed by atoms with Gasteiger partial charge in [-0.15, -0.1) is 0 Å². The van der Waals surface area contributed by atoms with Crippen molar-refractivity contribution in [2.24, 2.45) is 5.73 Å². The molecular weight excluding hydrogens is 244 g/mol. The summed E-state index contributed by atoms with van der Waals surface area (Å²) < 4.78 is 4.93. The molecule has 1 unspecified atom stereocenters. The second kappa shape index (κ2) is 8.51. The summed E-state index contributed by atoms with van der Waals surface area (Å²) in [5, 5.41) is 13.2. The molecule has 1 fully saturated rings. The van der Waals surface area contributed by atoms with Gasteiger partial charge in [0.05, 0.1) is 11.6 Å². The molecule has 0 aromatic carbocycles. The van der Waals surface area contributed by atoms with Crippen LogP contribution in [0.5, 0.6) is 0 Å². The van der Waals surface area contributed by atoms with Gasteiger partial charge in [0, 0.05) is 20.3 Å². The fourth-order valence-corrected chi connectivity index (χ4v) is 2.52. The molecule has 5 nitrogen and oxygen atoms in total. The van der Waals surface area contributed by atoms with Gasteiger partial charge in [0.15, 0.2) is 0 Å². The highest BCUT2D eigenvalue weighted by molar-refractivity contribution is 5.81. The van der Waals surface area contributed by atoms with Gasteiger partial charge in [0.1, 0.15) is 0 Å². The summed E-state index contributed by atoms with van der Waals surface area (Å²) in [5.74, 6) is -0.172. The van der Waals surface area contributed by atoms with E-state index in [1.165, 1.54) is 12.8 Å². The first kappa shape index (κ1) is 16.4. The molecule has 1 aliphatic carbocycles. The van der Waals surface area contributed by atoms with E-state index in [-0.39, 0.29) is 5.91 Å². The van der Waals surface area contributed by atoms with Crippen LogP contribution in [0, 0.1) is 0 Å². The Morgan fingerprint density at radius 1 is 1.37 bits per heavy atom. The highest BCUT2D eigenvalue weighted by Gasteiger charge is 2.28.